The Morgan fingerprint density at radius 1 is 1.18 bits per heavy atom. The molecular formula is C23H19F3N4O4. The summed E-state index contributed by atoms with van der Waals surface area (Å²) >= 11 is 0. The van der Waals surface area contributed by atoms with Gasteiger partial charge in [-0.15, -0.1) is 0 Å². The maximum Gasteiger partial charge on any atom is 0.349 e. The summed E-state index contributed by atoms with van der Waals surface area (Å²) in [7, 11) is 0. The maximum atomic E-state index is 14.7. The molecule has 3 aliphatic heterocycles. The topological polar surface area (TPSA) is 78.7 Å². The number of ether oxygens (including phenoxy) is 3. The highest BCUT2D eigenvalue weighted by Crippen LogP contribution is 2.50. The van der Waals surface area contributed by atoms with Crippen molar-refractivity contribution < 1.29 is 27.4 Å². The van der Waals surface area contributed by atoms with E-state index in [4.69, 9.17) is 14.2 Å². The van der Waals surface area contributed by atoms with Crippen LogP contribution in [0, 0.1) is 24.4 Å². The summed E-state index contributed by atoms with van der Waals surface area (Å²) in [6.07, 6.45) is 1.93. The molecule has 3 aromatic rings. The van der Waals surface area contributed by atoms with E-state index in [1.807, 2.05) is 0 Å². The Morgan fingerprint density at radius 3 is 2.74 bits per heavy atom. The van der Waals surface area contributed by atoms with Gasteiger partial charge in [-0.2, -0.15) is 4.98 Å². The molecule has 2 bridgehead atoms. The first kappa shape index (κ1) is 21.1. The second-order valence-corrected chi connectivity index (χ2v) is 8.74. The fourth-order valence-electron chi connectivity index (χ4n) is 5.10. The van der Waals surface area contributed by atoms with E-state index in [0.29, 0.717) is 18.7 Å². The average Bonchev–Trinajstić information content (AvgIpc) is 3.43. The van der Waals surface area contributed by atoms with Gasteiger partial charge in [0.25, 0.3) is 0 Å². The highest BCUT2D eigenvalue weighted by molar-refractivity contribution is 5.52. The molecular weight excluding hydrogens is 453 g/mol. The molecule has 6 rings (SSSR count). The molecule has 3 atom stereocenters. The Balaban J connectivity index is 1.21. The number of hydrogen-bond donors (Lipinski definition) is 0. The number of aromatic nitrogens is 3. The summed E-state index contributed by atoms with van der Waals surface area (Å²) in [4.78, 5) is 21.6. The molecule has 0 N–H and O–H groups in total. The number of pyridine rings is 1. The molecule has 1 spiro atoms. The van der Waals surface area contributed by atoms with Crippen LogP contribution in [0.15, 0.2) is 41.5 Å². The van der Waals surface area contributed by atoms with Crippen LogP contribution in [0.3, 0.4) is 0 Å². The maximum absolute atomic E-state index is 14.7. The second kappa shape index (κ2) is 7.54. The molecule has 0 radical (unpaired) electrons. The average molecular weight is 472 g/mol. The van der Waals surface area contributed by atoms with Crippen molar-refractivity contribution >= 4 is 5.82 Å². The fourth-order valence-corrected chi connectivity index (χ4v) is 5.10. The third kappa shape index (κ3) is 3.18. The third-order valence-electron chi connectivity index (χ3n) is 6.48. The number of fused-ring (bicyclic) bond motifs is 3. The first-order valence-electron chi connectivity index (χ1n) is 10.7. The van der Waals surface area contributed by atoms with Crippen molar-refractivity contribution in [2.45, 2.75) is 44.4 Å². The van der Waals surface area contributed by atoms with Gasteiger partial charge in [0.2, 0.25) is 0 Å². The van der Waals surface area contributed by atoms with Crippen LogP contribution in [-0.4, -0.2) is 39.0 Å². The number of anilines is 1. The molecule has 2 fully saturated rings. The van der Waals surface area contributed by atoms with E-state index in [0.717, 1.165) is 18.3 Å². The molecule has 176 valence electrons. The lowest BCUT2D eigenvalue weighted by Gasteiger charge is -2.38. The predicted octanol–water partition coefficient (Wildman–Crippen LogP) is 3.06. The van der Waals surface area contributed by atoms with Crippen LogP contribution in [0.4, 0.5) is 19.0 Å². The number of morpholine rings is 1. The summed E-state index contributed by atoms with van der Waals surface area (Å²) in [6.45, 7) is 2.17. The van der Waals surface area contributed by atoms with Crippen molar-refractivity contribution in [2.24, 2.45) is 0 Å². The van der Waals surface area contributed by atoms with Crippen molar-refractivity contribution in [2.75, 3.05) is 11.4 Å². The van der Waals surface area contributed by atoms with Gasteiger partial charge in [-0.3, -0.25) is 9.55 Å². The van der Waals surface area contributed by atoms with Crippen LogP contribution in [0.2, 0.25) is 0 Å². The van der Waals surface area contributed by atoms with Crippen LogP contribution in [0.25, 0.3) is 0 Å². The van der Waals surface area contributed by atoms with Gasteiger partial charge in [-0.1, -0.05) is 0 Å². The van der Waals surface area contributed by atoms with E-state index < -0.39 is 40.7 Å². The number of rotatable bonds is 5. The molecule has 11 heteroatoms. The minimum absolute atomic E-state index is 0.151. The van der Waals surface area contributed by atoms with Gasteiger partial charge in [-0.05, 0) is 30.7 Å². The van der Waals surface area contributed by atoms with Crippen LogP contribution >= 0.6 is 0 Å². The second-order valence-electron chi connectivity index (χ2n) is 8.74. The number of aryl methyl sites for hydroxylation is 1. The molecule has 1 aromatic carbocycles. The van der Waals surface area contributed by atoms with Gasteiger partial charge >= 0.3 is 5.69 Å². The Labute approximate surface area is 191 Å². The van der Waals surface area contributed by atoms with E-state index in [-0.39, 0.29) is 36.4 Å². The van der Waals surface area contributed by atoms with E-state index in [2.05, 4.69) is 9.97 Å². The molecule has 0 saturated carbocycles. The zero-order valence-electron chi connectivity index (χ0n) is 18.0. The Morgan fingerprint density at radius 2 is 1.97 bits per heavy atom. The van der Waals surface area contributed by atoms with Crippen LogP contribution in [-0.2, 0) is 22.6 Å². The summed E-state index contributed by atoms with van der Waals surface area (Å²) in [5, 5.41) is 0. The monoisotopic (exact) mass is 472 g/mol. The van der Waals surface area contributed by atoms with Crippen molar-refractivity contribution in [1.29, 1.82) is 0 Å². The highest BCUT2D eigenvalue weighted by atomic mass is 19.1. The van der Waals surface area contributed by atoms with Gasteiger partial charge in [0.15, 0.2) is 35.3 Å². The molecule has 3 unspecified atom stereocenters. The molecule has 2 saturated heterocycles. The SMILES string of the molecule is Cc1cc(Oc2c(F)cc(COC3OC4CN5c6c(F)cnc(=O)n6CC35C4)cc2F)ccn1. The Kier molecular flexibility index (Phi) is 4.68. The Bertz CT molecular complexity index is 1340. The summed E-state index contributed by atoms with van der Waals surface area (Å²) in [6, 6.07) is 5.33. The summed E-state index contributed by atoms with van der Waals surface area (Å²) < 4.78 is 62.3. The smallest absolute Gasteiger partial charge is 0.349 e. The van der Waals surface area contributed by atoms with Crippen LogP contribution < -0.4 is 15.3 Å². The van der Waals surface area contributed by atoms with Crippen molar-refractivity contribution in [3.8, 4) is 11.5 Å². The van der Waals surface area contributed by atoms with Gasteiger partial charge in [0.05, 0.1) is 25.5 Å². The van der Waals surface area contributed by atoms with Crippen LogP contribution in [0.1, 0.15) is 17.7 Å². The first-order chi connectivity index (χ1) is 16.3. The molecule has 8 nitrogen and oxygen atoms in total. The Hall–Kier alpha value is -3.44. The molecule has 0 aliphatic carbocycles. The van der Waals surface area contributed by atoms with Gasteiger partial charge in [0.1, 0.15) is 11.3 Å². The molecule has 3 aliphatic rings. The largest absolute Gasteiger partial charge is 0.451 e. The number of halogens is 3. The fraction of sp³-hybridized carbons (Fsp3) is 0.348. The van der Waals surface area contributed by atoms with Gasteiger partial charge in [-0.25, -0.2) is 18.0 Å². The van der Waals surface area contributed by atoms with Crippen molar-refractivity contribution in [3.63, 3.8) is 0 Å². The first-order valence-corrected chi connectivity index (χ1v) is 10.7. The van der Waals surface area contributed by atoms with E-state index >= 15 is 0 Å². The zero-order chi connectivity index (χ0) is 23.6. The summed E-state index contributed by atoms with van der Waals surface area (Å²) in [5.41, 5.74) is -0.440. The zero-order valence-corrected chi connectivity index (χ0v) is 18.0. The lowest BCUT2D eigenvalue weighted by molar-refractivity contribution is -0.174. The standard InChI is InChI=1S/C23H19F3N4O4/c1-12-4-14(2-3-27-12)33-19-16(24)5-13(6-17(19)25)10-32-21-23-7-15(34-21)9-30(23)20-18(26)8-28-22(31)29(20)11-23/h2-6,8,15,21H,7,9-11H2,1H3. The lowest BCUT2D eigenvalue weighted by Crippen LogP contribution is -2.54. The number of nitrogens with zero attached hydrogens (tertiary/aromatic N) is 4. The molecule has 5 heterocycles. The highest BCUT2D eigenvalue weighted by Gasteiger charge is 2.63. The quantitative estimate of drug-likeness (QED) is 0.565. The normalized spacial score (nSPS) is 24.4. The van der Waals surface area contributed by atoms with Crippen LogP contribution in [0.5, 0.6) is 11.5 Å². The van der Waals surface area contributed by atoms with E-state index in [1.165, 1.54) is 16.8 Å². The molecule has 2 aromatic heterocycles. The van der Waals surface area contributed by atoms with Crippen molar-refractivity contribution in [3.05, 3.63) is 75.9 Å². The molecule has 34 heavy (non-hydrogen) atoms. The minimum atomic E-state index is -0.880. The number of hydrogen-bond acceptors (Lipinski definition) is 7. The van der Waals surface area contributed by atoms with Crippen molar-refractivity contribution in [1.82, 2.24) is 14.5 Å². The van der Waals surface area contributed by atoms with E-state index in [9.17, 15) is 18.0 Å². The minimum Gasteiger partial charge on any atom is -0.451 e. The number of benzene rings is 1. The van der Waals surface area contributed by atoms with Gasteiger partial charge in [0, 0.05) is 30.9 Å². The molecule has 0 amide bonds. The van der Waals surface area contributed by atoms with Gasteiger partial charge < -0.3 is 19.1 Å². The predicted molar refractivity (Wildman–Crippen MR) is 112 cm³/mol. The van der Waals surface area contributed by atoms with E-state index in [1.54, 1.807) is 17.9 Å². The third-order valence-corrected chi connectivity index (χ3v) is 6.48. The lowest BCUT2D eigenvalue weighted by atomic mass is 9.98. The summed E-state index contributed by atoms with van der Waals surface area (Å²) in [5.74, 6) is -2.44.